The third-order valence-electron chi connectivity index (χ3n) is 3.17. The lowest BCUT2D eigenvalue weighted by Gasteiger charge is -2.34. The van der Waals surface area contributed by atoms with Crippen molar-refractivity contribution in [2.24, 2.45) is 11.7 Å². The van der Waals surface area contributed by atoms with Gasteiger partial charge in [-0.2, -0.15) is 0 Å². The summed E-state index contributed by atoms with van der Waals surface area (Å²) in [6.07, 6.45) is 1.05. The molecule has 2 rings (SSSR count). The smallest absolute Gasteiger partial charge is 0.127 e. The molecule has 17 heavy (non-hydrogen) atoms. The van der Waals surface area contributed by atoms with E-state index in [4.69, 9.17) is 17.3 Å². The summed E-state index contributed by atoms with van der Waals surface area (Å²) in [7, 11) is 0. The average molecular weight is 257 g/mol. The summed E-state index contributed by atoms with van der Waals surface area (Å²) >= 11 is 5.88. The van der Waals surface area contributed by atoms with Crippen LogP contribution in [-0.4, -0.2) is 24.0 Å². The highest BCUT2D eigenvalue weighted by molar-refractivity contribution is 6.30. The van der Waals surface area contributed by atoms with Gasteiger partial charge in [0.25, 0.3) is 0 Å². The Labute approximate surface area is 107 Å². The Bertz CT molecular complexity index is 387. The lowest BCUT2D eigenvalue weighted by atomic mass is 9.96. The number of nitrogens with two attached hydrogens (primary N) is 1. The molecule has 1 aromatic rings. The lowest BCUT2D eigenvalue weighted by molar-refractivity contribution is 0.157. The molecular weight excluding hydrogens is 239 g/mol. The van der Waals surface area contributed by atoms with Crippen LogP contribution < -0.4 is 5.73 Å². The van der Waals surface area contributed by atoms with Crippen molar-refractivity contribution >= 4 is 11.6 Å². The molecule has 1 aromatic carbocycles. The summed E-state index contributed by atoms with van der Waals surface area (Å²) in [5.74, 6) is 0.377. The van der Waals surface area contributed by atoms with Crippen LogP contribution >= 0.6 is 11.6 Å². The molecule has 0 bridgehead atoms. The Morgan fingerprint density at radius 3 is 2.94 bits per heavy atom. The molecule has 0 amide bonds. The second-order valence-corrected chi connectivity index (χ2v) is 5.47. The molecule has 0 spiro atoms. The topological polar surface area (TPSA) is 29.3 Å². The van der Waals surface area contributed by atoms with Gasteiger partial charge in [0.2, 0.25) is 0 Å². The molecule has 1 aliphatic rings. The summed E-state index contributed by atoms with van der Waals surface area (Å²) in [4.78, 5) is 2.20. The fourth-order valence-corrected chi connectivity index (χ4v) is 2.74. The molecule has 2 nitrogen and oxygen atoms in total. The first kappa shape index (κ1) is 12.8. The maximum absolute atomic E-state index is 13.6. The van der Waals surface area contributed by atoms with E-state index < -0.39 is 0 Å². The summed E-state index contributed by atoms with van der Waals surface area (Å²) < 4.78 is 13.6. The van der Waals surface area contributed by atoms with Crippen molar-refractivity contribution in [3.05, 3.63) is 34.6 Å². The highest BCUT2D eigenvalue weighted by Crippen LogP contribution is 2.20. The zero-order valence-electron chi connectivity index (χ0n) is 10.00. The summed E-state index contributed by atoms with van der Waals surface area (Å²) in [5, 5.41) is 0.579. The molecule has 1 fully saturated rings. The number of piperidine rings is 1. The molecule has 2 atom stereocenters. The Morgan fingerprint density at radius 2 is 2.24 bits per heavy atom. The number of nitrogens with zero attached hydrogens (tertiary/aromatic N) is 1. The predicted molar refractivity (Wildman–Crippen MR) is 68.4 cm³/mol. The molecular formula is C13H18ClFN2. The van der Waals surface area contributed by atoms with Gasteiger partial charge in [0.05, 0.1) is 0 Å². The van der Waals surface area contributed by atoms with Crippen molar-refractivity contribution < 1.29 is 4.39 Å². The average Bonchev–Trinajstić information content (AvgIpc) is 2.22. The summed E-state index contributed by atoms with van der Waals surface area (Å²) in [6.45, 7) is 4.57. The van der Waals surface area contributed by atoms with E-state index in [0.29, 0.717) is 23.0 Å². The van der Waals surface area contributed by atoms with Crippen LogP contribution in [0.5, 0.6) is 0 Å². The summed E-state index contributed by atoms with van der Waals surface area (Å²) in [6, 6.07) is 4.89. The minimum atomic E-state index is -0.193. The number of hydrogen-bond acceptors (Lipinski definition) is 2. The summed E-state index contributed by atoms with van der Waals surface area (Å²) in [5.41, 5.74) is 6.63. The molecule has 4 heteroatoms. The SMILES string of the molecule is CC1CC(N)CN(Cc2cc(Cl)ccc2F)C1. The zero-order valence-corrected chi connectivity index (χ0v) is 10.8. The molecule has 94 valence electrons. The van der Waals surface area contributed by atoms with Crippen LogP contribution in [0.25, 0.3) is 0 Å². The molecule has 1 saturated heterocycles. The van der Waals surface area contributed by atoms with Gasteiger partial charge in [0.1, 0.15) is 5.82 Å². The lowest BCUT2D eigenvalue weighted by Crippen LogP contribution is -2.45. The quantitative estimate of drug-likeness (QED) is 0.882. The number of halogens is 2. The van der Waals surface area contributed by atoms with Gasteiger partial charge in [-0.3, -0.25) is 4.90 Å². The van der Waals surface area contributed by atoms with E-state index in [9.17, 15) is 4.39 Å². The van der Waals surface area contributed by atoms with Crippen molar-refractivity contribution in [2.75, 3.05) is 13.1 Å². The highest BCUT2D eigenvalue weighted by Gasteiger charge is 2.22. The van der Waals surface area contributed by atoms with Crippen LogP contribution in [0.4, 0.5) is 4.39 Å². The fourth-order valence-electron chi connectivity index (χ4n) is 2.55. The zero-order chi connectivity index (χ0) is 12.4. The molecule has 1 heterocycles. The van der Waals surface area contributed by atoms with Gasteiger partial charge in [-0.1, -0.05) is 18.5 Å². The maximum atomic E-state index is 13.6. The van der Waals surface area contributed by atoms with Gasteiger partial charge in [-0.05, 0) is 30.5 Å². The first-order valence-corrected chi connectivity index (χ1v) is 6.34. The van der Waals surface area contributed by atoms with Crippen LogP contribution in [0.2, 0.25) is 5.02 Å². The Hall–Kier alpha value is -0.640. The van der Waals surface area contributed by atoms with Crippen LogP contribution in [0.3, 0.4) is 0 Å². The van der Waals surface area contributed by atoms with E-state index in [1.807, 2.05) is 0 Å². The van der Waals surface area contributed by atoms with Crippen molar-refractivity contribution in [3.63, 3.8) is 0 Å². The van der Waals surface area contributed by atoms with Crippen LogP contribution in [0.15, 0.2) is 18.2 Å². The van der Waals surface area contributed by atoms with Crippen LogP contribution in [0, 0.1) is 11.7 Å². The molecule has 0 aromatic heterocycles. The Morgan fingerprint density at radius 1 is 1.47 bits per heavy atom. The second-order valence-electron chi connectivity index (χ2n) is 5.03. The van der Waals surface area contributed by atoms with E-state index in [0.717, 1.165) is 19.5 Å². The Balaban J connectivity index is 2.07. The number of rotatable bonds is 2. The van der Waals surface area contributed by atoms with Crippen molar-refractivity contribution in [2.45, 2.75) is 25.9 Å². The van der Waals surface area contributed by atoms with Crippen molar-refractivity contribution in [1.29, 1.82) is 0 Å². The molecule has 2 unspecified atom stereocenters. The highest BCUT2D eigenvalue weighted by atomic mass is 35.5. The van der Waals surface area contributed by atoms with Gasteiger partial charge in [-0.25, -0.2) is 4.39 Å². The van der Waals surface area contributed by atoms with Gasteiger partial charge in [-0.15, -0.1) is 0 Å². The van der Waals surface area contributed by atoms with Gasteiger partial charge < -0.3 is 5.73 Å². The standard InChI is InChI=1S/C13H18ClFN2/c1-9-4-12(16)8-17(6-9)7-10-5-11(14)2-3-13(10)15/h2-3,5,9,12H,4,6-8,16H2,1H3. The van der Waals surface area contributed by atoms with Crippen molar-refractivity contribution in [1.82, 2.24) is 4.90 Å². The molecule has 0 aliphatic carbocycles. The number of benzene rings is 1. The fraction of sp³-hybridized carbons (Fsp3) is 0.538. The molecule has 0 saturated carbocycles. The number of likely N-dealkylation sites (tertiary alicyclic amines) is 1. The molecule has 0 radical (unpaired) electrons. The van der Waals surface area contributed by atoms with E-state index in [2.05, 4.69) is 11.8 Å². The third kappa shape index (κ3) is 3.41. The minimum Gasteiger partial charge on any atom is -0.327 e. The van der Waals surface area contributed by atoms with E-state index in [1.165, 1.54) is 6.07 Å². The normalized spacial score (nSPS) is 26.1. The first-order valence-electron chi connectivity index (χ1n) is 5.96. The van der Waals surface area contributed by atoms with E-state index >= 15 is 0 Å². The van der Waals surface area contributed by atoms with E-state index in [1.54, 1.807) is 12.1 Å². The van der Waals surface area contributed by atoms with E-state index in [-0.39, 0.29) is 11.9 Å². The minimum absolute atomic E-state index is 0.193. The molecule has 1 aliphatic heterocycles. The van der Waals surface area contributed by atoms with Crippen LogP contribution in [0.1, 0.15) is 18.9 Å². The van der Waals surface area contributed by atoms with Crippen LogP contribution in [-0.2, 0) is 6.54 Å². The van der Waals surface area contributed by atoms with Gasteiger partial charge >= 0.3 is 0 Å². The number of hydrogen-bond donors (Lipinski definition) is 1. The molecule has 2 N–H and O–H groups in total. The first-order chi connectivity index (χ1) is 8.04. The largest absolute Gasteiger partial charge is 0.327 e. The third-order valence-corrected chi connectivity index (χ3v) is 3.40. The van der Waals surface area contributed by atoms with Crippen molar-refractivity contribution in [3.8, 4) is 0 Å². The maximum Gasteiger partial charge on any atom is 0.127 e. The van der Waals surface area contributed by atoms with Gasteiger partial charge in [0, 0.05) is 36.3 Å². The Kier molecular flexibility index (Phi) is 4.02. The van der Waals surface area contributed by atoms with Gasteiger partial charge in [0.15, 0.2) is 0 Å². The predicted octanol–water partition coefficient (Wildman–Crippen LogP) is 2.65. The second kappa shape index (κ2) is 5.34. The monoisotopic (exact) mass is 256 g/mol.